The summed E-state index contributed by atoms with van der Waals surface area (Å²) in [4.78, 5) is 0. The van der Waals surface area contributed by atoms with E-state index in [4.69, 9.17) is 47.4 Å². The van der Waals surface area contributed by atoms with E-state index in [9.17, 15) is 0 Å². The van der Waals surface area contributed by atoms with Gasteiger partial charge in [-0.1, -0.05) is 60.7 Å². The van der Waals surface area contributed by atoms with Gasteiger partial charge in [-0.25, -0.2) is 0 Å². The fourth-order valence-corrected chi connectivity index (χ4v) is 6.49. The van der Waals surface area contributed by atoms with Gasteiger partial charge in [0.15, 0.2) is 12.6 Å². The summed E-state index contributed by atoms with van der Waals surface area (Å²) in [6.45, 7) is 7.24. The number of rotatable bonds is 23. The molecule has 0 bridgehead atoms. The second kappa shape index (κ2) is 22.0. The number of hydrogen-bond acceptors (Lipinski definition) is 10. The van der Waals surface area contributed by atoms with Crippen LogP contribution in [0.25, 0.3) is 32.7 Å². The molecule has 0 spiro atoms. The molecule has 4 aromatic rings. The fraction of sp³-hybridized carbons (Fsp3) is 0.524. The molecule has 2 aliphatic heterocycles. The molecule has 0 N–H and O–H groups in total. The van der Waals surface area contributed by atoms with Crippen molar-refractivity contribution < 1.29 is 47.4 Å². The van der Waals surface area contributed by atoms with E-state index in [1.165, 1.54) is 0 Å². The molecule has 4 aromatic carbocycles. The van der Waals surface area contributed by atoms with Crippen LogP contribution >= 0.6 is 0 Å². The number of hydrogen-bond donors (Lipinski definition) is 0. The van der Waals surface area contributed by atoms with E-state index >= 15 is 0 Å². The lowest BCUT2D eigenvalue weighted by Gasteiger charge is -2.22. The molecule has 2 fully saturated rings. The molecule has 2 unspecified atom stereocenters. The maximum Gasteiger partial charge on any atom is 0.157 e. The van der Waals surface area contributed by atoms with Gasteiger partial charge >= 0.3 is 0 Å². The monoisotopic (exact) mass is 718 g/mol. The Kier molecular flexibility index (Phi) is 16.3. The average Bonchev–Trinajstić information content (AvgIpc) is 3.20. The highest BCUT2D eigenvalue weighted by Crippen LogP contribution is 2.45. The Morgan fingerprint density at radius 3 is 1.25 bits per heavy atom. The van der Waals surface area contributed by atoms with Crippen LogP contribution in [0.5, 0.6) is 11.5 Å². The van der Waals surface area contributed by atoms with Crippen LogP contribution in [0.4, 0.5) is 0 Å². The van der Waals surface area contributed by atoms with Crippen LogP contribution in [0.3, 0.4) is 0 Å². The predicted molar refractivity (Wildman–Crippen MR) is 200 cm³/mol. The van der Waals surface area contributed by atoms with Crippen LogP contribution in [0, 0.1) is 0 Å². The van der Waals surface area contributed by atoms with Crippen molar-refractivity contribution in [1.82, 2.24) is 0 Å². The Balaban J connectivity index is 1.00. The zero-order valence-corrected chi connectivity index (χ0v) is 30.3. The highest BCUT2D eigenvalue weighted by atomic mass is 16.7. The van der Waals surface area contributed by atoms with E-state index in [1.807, 2.05) is 12.1 Å². The predicted octanol–water partition coefficient (Wildman–Crippen LogP) is 7.57. The van der Waals surface area contributed by atoms with Gasteiger partial charge in [0.05, 0.1) is 66.1 Å². The SMILES string of the molecule is c1ccc2c(-c3c(OCCOCCOCCOC4CCCCO4)ccc4ccccc34)c(OCCOCCOCCOC3CCCCO3)ccc2c1. The van der Waals surface area contributed by atoms with Crippen molar-refractivity contribution in [2.24, 2.45) is 0 Å². The molecule has 0 aromatic heterocycles. The first-order valence-electron chi connectivity index (χ1n) is 18.9. The molecule has 6 rings (SSSR count). The van der Waals surface area contributed by atoms with Crippen molar-refractivity contribution in [2.45, 2.75) is 51.1 Å². The highest BCUT2D eigenvalue weighted by molar-refractivity contribution is 6.09. The molecule has 0 radical (unpaired) electrons. The Morgan fingerprint density at radius 2 is 0.827 bits per heavy atom. The second-order valence-electron chi connectivity index (χ2n) is 12.8. The van der Waals surface area contributed by atoms with Gasteiger partial charge in [0.1, 0.15) is 24.7 Å². The van der Waals surface area contributed by atoms with Crippen molar-refractivity contribution in [3.8, 4) is 22.6 Å². The van der Waals surface area contributed by atoms with Crippen LogP contribution < -0.4 is 9.47 Å². The third-order valence-corrected chi connectivity index (χ3v) is 9.08. The molecular formula is C42H54O10. The lowest BCUT2D eigenvalue weighted by atomic mass is 9.92. The zero-order chi connectivity index (χ0) is 35.5. The molecule has 10 heteroatoms. The van der Waals surface area contributed by atoms with E-state index < -0.39 is 0 Å². The van der Waals surface area contributed by atoms with Crippen LogP contribution in [0.15, 0.2) is 72.8 Å². The first kappa shape index (κ1) is 38.4. The quantitative estimate of drug-likeness (QED) is 0.0716. The molecule has 2 heterocycles. The van der Waals surface area contributed by atoms with Crippen LogP contribution in [-0.4, -0.2) is 105 Å². The van der Waals surface area contributed by atoms with E-state index in [2.05, 4.69) is 60.7 Å². The summed E-state index contributed by atoms with van der Waals surface area (Å²) < 4.78 is 58.5. The van der Waals surface area contributed by atoms with Crippen molar-refractivity contribution in [3.63, 3.8) is 0 Å². The fourth-order valence-electron chi connectivity index (χ4n) is 6.49. The summed E-state index contributed by atoms with van der Waals surface area (Å²) in [5.74, 6) is 1.54. The average molecular weight is 719 g/mol. The summed E-state index contributed by atoms with van der Waals surface area (Å²) in [6, 6.07) is 25.0. The Bertz CT molecular complexity index is 1480. The first-order valence-corrected chi connectivity index (χ1v) is 18.9. The maximum atomic E-state index is 6.44. The summed E-state index contributed by atoms with van der Waals surface area (Å²) in [5.41, 5.74) is 1.98. The van der Waals surface area contributed by atoms with Crippen LogP contribution in [0.1, 0.15) is 38.5 Å². The van der Waals surface area contributed by atoms with Crippen molar-refractivity contribution in [1.29, 1.82) is 0 Å². The molecule has 0 saturated carbocycles. The Morgan fingerprint density at radius 1 is 0.423 bits per heavy atom. The summed E-state index contributed by atoms with van der Waals surface area (Å²) in [5, 5.41) is 4.42. The minimum absolute atomic E-state index is 0.0924. The van der Waals surface area contributed by atoms with Crippen molar-refractivity contribution >= 4 is 21.5 Å². The molecule has 2 aliphatic rings. The third-order valence-electron chi connectivity index (χ3n) is 9.08. The maximum absolute atomic E-state index is 6.44. The summed E-state index contributed by atoms with van der Waals surface area (Å²) in [6.07, 6.45) is 6.25. The summed E-state index contributed by atoms with van der Waals surface area (Å²) >= 11 is 0. The molecule has 10 nitrogen and oxygen atoms in total. The Labute approximate surface area is 307 Å². The van der Waals surface area contributed by atoms with Gasteiger partial charge in [0.25, 0.3) is 0 Å². The van der Waals surface area contributed by atoms with Crippen LogP contribution in [0.2, 0.25) is 0 Å². The van der Waals surface area contributed by atoms with Crippen molar-refractivity contribution in [2.75, 3.05) is 92.5 Å². The molecule has 282 valence electrons. The molecule has 2 saturated heterocycles. The van der Waals surface area contributed by atoms with Gasteiger partial charge < -0.3 is 47.4 Å². The van der Waals surface area contributed by atoms with Crippen LogP contribution in [-0.2, 0) is 37.9 Å². The van der Waals surface area contributed by atoms with Gasteiger partial charge in [-0.3, -0.25) is 0 Å². The van der Waals surface area contributed by atoms with Gasteiger partial charge in [-0.15, -0.1) is 0 Å². The van der Waals surface area contributed by atoms with E-state index in [0.717, 1.165) is 95.9 Å². The standard InChI is InChI=1S/C42H54O10/c1-3-11-35-33(9-1)15-17-37(47-29-25-43-21-23-45-27-31-51-39-13-5-7-19-49-39)41(35)42-36-12-4-2-10-34(36)16-18-38(42)48-30-26-44-22-24-46-28-32-52-40-14-6-8-20-50-40/h1-4,9-12,15-18,39-40H,5-8,13-14,19-32H2. The Hall–Kier alpha value is -3.32. The van der Waals surface area contributed by atoms with Crippen molar-refractivity contribution in [3.05, 3.63) is 72.8 Å². The van der Waals surface area contributed by atoms with Gasteiger partial charge in [-0.2, -0.15) is 0 Å². The minimum atomic E-state index is -0.0924. The first-order chi connectivity index (χ1) is 25.9. The van der Waals surface area contributed by atoms with E-state index in [-0.39, 0.29) is 12.6 Å². The van der Waals surface area contributed by atoms with Gasteiger partial charge in [0.2, 0.25) is 0 Å². The molecular weight excluding hydrogens is 664 g/mol. The van der Waals surface area contributed by atoms with Gasteiger partial charge in [0, 0.05) is 24.3 Å². The summed E-state index contributed by atoms with van der Waals surface area (Å²) in [7, 11) is 0. The van der Waals surface area contributed by atoms with E-state index in [0.29, 0.717) is 79.3 Å². The zero-order valence-electron chi connectivity index (χ0n) is 30.3. The topological polar surface area (TPSA) is 92.3 Å². The molecule has 52 heavy (non-hydrogen) atoms. The molecule has 0 aliphatic carbocycles. The lowest BCUT2D eigenvalue weighted by Crippen LogP contribution is -2.24. The number of benzene rings is 4. The van der Waals surface area contributed by atoms with Gasteiger partial charge in [-0.05, 0) is 72.2 Å². The lowest BCUT2D eigenvalue weighted by molar-refractivity contribution is -0.169. The normalized spacial score (nSPS) is 17.8. The van der Waals surface area contributed by atoms with E-state index in [1.54, 1.807) is 0 Å². The number of fused-ring (bicyclic) bond motifs is 2. The highest BCUT2D eigenvalue weighted by Gasteiger charge is 2.19. The third kappa shape index (κ3) is 11.8. The minimum Gasteiger partial charge on any atom is -0.491 e. The smallest absolute Gasteiger partial charge is 0.157 e. The largest absolute Gasteiger partial charge is 0.491 e. The molecule has 2 atom stereocenters. The second-order valence-corrected chi connectivity index (χ2v) is 12.8. The molecule has 0 amide bonds. The number of ether oxygens (including phenoxy) is 10.